The summed E-state index contributed by atoms with van der Waals surface area (Å²) in [5.74, 6) is -0.103. The lowest BCUT2D eigenvalue weighted by Crippen LogP contribution is -2.33. The third-order valence-electron chi connectivity index (χ3n) is 4.86. The fourth-order valence-electron chi connectivity index (χ4n) is 3.24. The summed E-state index contributed by atoms with van der Waals surface area (Å²) in [6.07, 6.45) is 4.13. The number of aryl methyl sites for hydroxylation is 3. The topological polar surface area (TPSA) is 51.1 Å². The number of fused-ring (bicyclic) bond motifs is 1. The molecule has 0 bridgehead atoms. The van der Waals surface area contributed by atoms with Crippen LogP contribution in [-0.4, -0.2) is 10.5 Å². The number of nitrogens with zero attached hydrogens (tertiary/aromatic N) is 1. The molecule has 1 unspecified atom stereocenters. The van der Waals surface area contributed by atoms with E-state index < -0.39 is 0 Å². The molecule has 128 valence electrons. The Hall–Kier alpha value is -1.88. The maximum absolute atomic E-state index is 12.4. The number of carbonyl (C=O) groups excluding carboxylic acids is 1. The minimum absolute atomic E-state index is 0.00381. The van der Waals surface area contributed by atoms with E-state index in [9.17, 15) is 9.59 Å². The van der Waals surface area contributed by atoms with Crippen molar-refractivity contribution in [2.45, 2.75) is 59.0 Å². The highest BCUT2D eigenvalue weighted by Crippen LogP contribution is 2.23. The Balaban J connectivity index is 1.70. The zero-order chi connectivity index (χ0) is 17.3. The van der Waals surface area contributed by atoms with Crippen LogP contribution in [0.2, 0.25) is 0 Å². The molecule has 0 spiro atoms. The Morgan fingerprint density at radius 2 is 2.00 bits per heavy atom. The van der Waals surface area contributed by atoms with Gasteiger partial charge in [-0.25, -0.2) is 0 Å². The number of thiazole rings is 1. The first kappa shape index (κ1) is 17.0. The number of amides is 1. The SMILES string of the molecule is Cc1ccc(C(C)NC(=O)Cn2c3c(sc2=O)CCCC3)cc1C. The molecule has 0 saturated carbocycles. The summed E-state index contributed by atoms with van der Waals surface area (Å²) < 4.78 is 1.67. The quantitative estimate of drug-likeness (QED) is 0.925. The van der Waals surface area contributed by atoms with Crippen LogP contribution in [0.15, 0.2) is 23.0 Å². The monoisotopic (exact) mass is 344 g/mol. The van der Waals surface area contributed by atoms with E-state index >= 15 is 0 Å². The summed E-state index contributed by atoms with van der Waals surface area (Å²) in [7, 11) is 0. The summed E-state index contributed by atoms with van der Waals surface area (Å²) in [4.78, 5) is 25.8. The fraction of sp³-hybridized carbons (Fsp3) is 0.474. The first-order valence-corrected chi connectivity index (χ1v) is 9.35. The third-order valence-corrected chi connectivity index (χ3v) is 5.94. The average Bonchev–Trinajstić information content (AvgIpc) is 2.86. The number of hydrogen-bond acceptors (Lipinski definition) is 3. The lowest BCUT2D eigenvalue weighted by atomic mass is 10.0. The molecule has 5 heteroatoms. The molecule has 1 aromatic carbocycles. The molecule has 1 atom stereocenters. The zero-order valence-electron chi connectivity index (χ0n) is 14.5. The Morgan fingerprint density at radius 3 is 2.75 bits per heavy atom. The van der Waals surface area contributed by atoms with E-state index in [1.807, 2.05) is 13.0 Å². The maximum atomic E-state index is 12.4. The molecule has 1 amide bonds. The molecule has 2 aromatic rings. The molecule has 0 fully saturated rings. The summed E-state index contributed by atoms with van der Waals surface area (Å²) in [6.45, 7) is 6.26. The van der Waals surface area contributed by atoms with Gasteiger partial charge in [-0.3, -0.25) is 14.2 Å². The van der Waals surface area contributed by atoms with Gasteiger partial charge in [0.25, 0.3) is 0 Å². The minimum atomic E-state index is -0.103. The van der Waals surface area contributed by atoms with Crippen LogP contribution in [-0.2, 0) is 24.2 Å². The number of aromatic nitrogens is 1. The van der Waals surface area contributed by atoms with Crippen molar-refractivity contribution >= 4 is 17.2 Å². The molecule has 1 aliphatic rings. The Bertz CT molecular complexity index is 819. The second kappa shape index (κ2) is 6.93. The summed E-state index contributed by atoms with van der Waals surface area (Å²) in [6, 6.07) is 6.17. The van der Waals surface area contributed by atoms with Gasteiger partial charge in [0.2, 0.25) is 5.91 Å². The van der Waals surface area contributed by atoms with Gasteiger partial charge in [-0.15, -0.1) is 0 Å². The standard InChI is InChI=1S/C19H24N2O2S/c1-12-8-9-15(10-13(12)2)14(3)20-18(22)11-21-16-6-4-5-7-17(16)24-19(21)23/h8-10,14H,4-7,11H2,1-3H3,(H,20,22). The molecular weight excluding hydrogens is 320 g/mol. The van der Waals surface area contributed by atoms with E-state index in [-0.39, 0.29) is 23.4 Å². The van der Waals surface area contributed by atoms with Crippen molar-refractivity contribution < 1.29 is 4.79 Å². The normalized spacial score (nSPS) is 15.0. The van der Waals surface area contributed by atoms with Gasteiger partial charge >= 0.3 is 4.87 Å². The highest BCUT2D eigenvalue weighted by molar-refractivity contribution is 7.09. The van der Waals surface area contributed by atoms with E-state index in [2.05, 4.69) is 31.3 Å². The molecule has 0 aliphatic heterocycles. The molecule has 4 nitrogen and oxygen atoms in total. The molecule has 0 saturated heterocycles. The van der Waals surface area contributed by atoms with Crippen LogP contribution in [0, 0.1) is 13.8 Å². The molecule has 1 N–H and O–H groups in total. The second-order valence-electron chi connectivity index (χ2n) is 6.66. The van der Waals surface area contributed by atoms with Crippen molar-refractivity contribution in [2.24, 2.45) is 0 Å². The molecule has 3 rings (SSSR count). The van der Waals surface area contributed by atoms with Crippen LogP contribution >= 0.6 is 11.3 Å². The number of benzene rings is 1. The number of hydrogen-bond donors (Lipinski definition) is 1. The minimum Gasteiger partial charge on any atom is -0.348 e. The van der Waals surface area contributed by atoms with Crippen LogP contribution < -0.4 is 10.2 Å². The van der Waals surface area contributed by atoms with E-state index in [1.54, 1.807) is 4.57 Å². The highest BCUT2D eigenvalue weighted by Gasteiger charge is 2.20. The van der Waals surface area contributed by atoms with Gasteiger partial charge in [0, 0.05) is 10.6 Å². The number of rotatable bonds is 4. The van der Waals surface area contributed by atoms with Crippen molar-refractivity contribution in [3.63, 3.8) is 0 Å². The average molecular weight is 344 g/mol. The van der Waals surface area contributed by atoms with Crippen LogP contribution in [0.3, 0.4) is 0 Å². The number of nitrogens with one attached hydrogen (secondary N) is 1. The van der Waals surface area contributed by atoms with Crippen molar-refractivity contribution in [1.29, 1.82) is 0 Å². The van der Waals surface area contributed by atoms with Gasteiger partial charge in [-0.1, -0.05) is 29.5 Å². The van der Waals surface area contributed by atoms with E-state index in [4.69, 9.17) is 0 Å². The van der Waals surface area contributed by atoms with Gasteiger partial charge in [0.1, 0.15) is 6.54 Å². The van der Waals surface area contributed by atoms with E-state index in [0.29, 0.717) is 0 Å². The Kier molecular flexibility index (Phi) is 4.90. The maximum Gasteiger partial charge on any atom is 0.308 e. The predicted octanol–water partition coefficient (Wildman–Crippen LogP) is 3.28. The lowest BCUT2D eigenvalue weighted by molar-refractivity contribution is -0.122. The van der Waals surface area contributed by atoms with Gasteiger partial charge in [0.05, 0.1) is 6.04 Å². The summed E-state index contributed by atoms with van der Waals surface area (Å²) in [5.41, 5.74) is 4.63. The smallest absolute Gasteiger partial charge is 0.308 e. The van der Waals surface area contributed by atoms with Gasteiger partial charge in [-0.05, 0) is 63.1 Å². The van der Waals surface area contributed by atoms with Gasteiger partial charge in [0.15, 0.2) is 0 Å². The van der Waals surface area contributed by atoms with Gasteiger partial charge < -0.3 is 5.32 Å². The van der Waals surface area contributed by atoms with Crippen LogP contribution in [0.25, 0.3) is 0 Å². The van der Waals surface area contributed by atoms with Crippen molar-refractivity contribution in [3.05, 3.63) is 55.1 Å². The molecule has 1 heterocycles. The summed E-state index contributed by atoms with van der Waals surface area (Å²) in [5, 5.41) is 3.02. The molecule has 0 radical (unpaired) electrons. The Labute approximate surface area is 146 Å². The van der Waals surface area contributed by atoms with Crippen LogP contribution in [0.4, 0.5) is 0 Å². The van der Waals surface area contributed by atoms with Gasteiger partial charge in [-0.2, -0.15) is 0 Å². The molecule has 1 aliphatic carbocycles. The Morgan fingerprint density at radius 1 is 1.25 bits per heavy atom. The van der Waals surface area contributed by atoms with Crippen LogP contribution in [0.1, 0.15) is 53.1 Å². The van der Waals surface area contributed by atoms with E-state index in [0.717, 1.165) is 36.9 Å². The first-order valence-electron chi connectivity index (χ1n) is 8.53. The predicted molar refractivity (Wildman–Crippen MR) is 97.7 cm³/mol. The molecule has 24 heavy (non-hydrogen) atoms. The number of carbonyl (C=O) groups is 1. The third kappa shape index (κ3) is 3.46. The lowest BCUT2D eigenvalue weighted by Gasteiger charge is -2.17. The zero-order valence-corrected chi connectivity index (χ0v) is 15.3. The summed E-state index contributed by atoms with van der Waals surface area (Å²) >= 11 is 1.31. The van der Waals surface area contributed by atoms with E-state index in [1.165, 1.54) is 27.3 Å². The van der Waals surface area contributed by atoms with Crippen molar-refractivity contribution in [3.8, 4) is 0 Å². The largest absolute Gasteiger partial charge is 0.348 e. The second-order valence-corrected chi connectivity index (χ2v) is 7.71. The van der Waals surface area contributed by atoms with Crippen molar-refractivity contribution in [2.75, 3.05) is 0 Å². The molecule has 1 aromatic heterocycles. The van der Waals surface area contributed by atoms with Crippen molar-refractivity contribution in [1.82, 2.24) is 9.88 Å². The fourth-order valence-corrected chi connectivity index (χ4v) is 4.31. The van der Waals surface area contributed by atoms with Crippen LogP contribution in [0.5, 0.6) is 0 Å². The highest BCUT2D eigenvalue weighted by atomic mass is 32.1. The molecular formula is C19H24N2O2S. The first-order chi connectivity index (χ1) is 11.5.